The molecule has 9 heteroatoms. The van der Waals surface area contributed by atoms with Crippen molar-refractivity contribution in [2.75, 3.05) is 37.1 Å². The number of amides is 1. The van der Waals surface area contributed by atoms with E-state index >= 15 is 4.39 Å². The lowest BCUT2D eigenvalue weighted by Crippen LogP contribution is -2.50. The van der Waals surface area contributed by atoms with Gasteiger partial charge in [0.05, 0.1) is 11.3 Å². The number of hydrogen-bond donors (Lipinski definition) is 4. The lowest BCUT2D eigenvalue weighted by molar-refractivity contribution is 0.100. The summed E-state index contributed by atoms with van der Waals surface area (Å²) in [6.45, 7) is 0. The van der Waals surface area contributed by atoms with Gasteiger partial charge < -0.3 is 27.0 Å². The lowest BCUT2D eigenvalue weighted by atomic mass is 9.89. The summed E-state index contributed by atoms with van der Waals surface area (Å²) in [5.74, 6) is -1.04. The fourth-order valence-electron chi connectivity index (χ4n) is 4.17. The first-order chi connectivity index (χ1) is 14.9. The zero-order chi connectivity index (χ0) is 22.5. The van der Waals surface area contributed by atoms with Gasteiger partial charge in [0.25, 0.3) is 5.91 Å². The summed E-state index contributed by atoms with van der Waals surface area (Å²) in [5.41, 5.74) is 13.3. The van der Waals surface area contributed by atoms with E-state index in [4.69, 9.17) is 11.5 Å². The molecule has 0 radical (unpaired) electrons. The molecule has 1 aromatic carbocycles. The Balaban J connectivity index is 2.05. The molecule has 2 unspecified atom stereocenters. The van der Waals surface area contributed by atoms with Crippen molar-refractivity contribution in [3.8, 4) is 0 Å². The van der Waals surface area contributed by atoms with Crippen LogP contribution in [0.5, 0.6) is 0 Å². The minimum absolute atomic E-state index is 0.0368. The molecule has 1 fully saturated rings. The van der Waals surface area contributed by atoms with Gasteiger partial charge >= 0.3 is 0 Å². The van der Waals surface area contributed by atoms with Crippen LogP contribution in [0.2, 0.25) is 0 Å². The van der Waals surface area contributed by atoms with Gasteiger partial charge in [0.2, 0.25) is 0 Å². The summed E-state index contributed by atoms with van der Waals surface area (Å²) >= 11 is 0. The molecular formula is C22H30FN7O. The Morgan fingerprint density at radius 3 is 2.77 bits per heavy atom. The van der Waals surface area contributed by atoms with E-state index in [1.165, 1.54) is 0 Å². The molecule has 1 amide bonds. The van der Waals surface area contributed by atoms with Crippen molar-refractivity contribution in [1.82, 2.24) is 10.3 Å². The van der Waals surface area contributed by atoms with Crippen molar-refractivity contribution in [3.63, 3.8) is 0 Å². The second-order valence-electron chi connectivity index (χ2n) is 7.73. The van der Waals surface area contributed by atoms with Crippen molar-refractivity contribution in [2.24, 2.45) is 10.7 Å². The first kappa shape index (κ1) is 22.5. The Hall–Kier alpha value is -3.20. The van der Waals surface area contributed by atoms with Crippen LogP contribution >= 0.6 is 0 Å². The molecule has 166 valence electrons. The number of hydrogen-bond acceptors (Lipinski definition) is 7. The van der Waals surface area contributed by atoms with Crippen LogP contribution in [0.1, 0.15) is 41.6 Å². The molecule has 1 aliphatic carbocycles. The summed E-state index contributed by atoms with van der Waals surface area (Å²) < 4.78 is 15.0. The number of likely N-dealkylation sites (N-methyl/N-ethyl adjacent to an activating group) is 2. The fourth-order valence-corrected chi connectivity index (χ4v) is 4.17. The number of carbonyl (C=O) groups excluding carboxylic acids is 1. The van der Waals surface area contributed by atoms with E-state index in [1.807, 2.05) is 19.0 Å². The van der Waals surface area contributed by atoms with Gasteiger partial charge in [-0.1, -0.05) is 18.9 Å². The molecule has 3 rings (SSSR count). The minimum Gasteiger partial charge on any atom is -0.398 e. The maximum absolute atomic E-state index is 15.0. The number of aliphatic imine (C=N–C) groups is 1. The zero-order valence-electron chi connectivity index (χ0n) is 18.2. The van der Waals surface area contributed by atoms with E-state index in [0.29, 0.717) is 16.9 Å². The van der Waals surface area contributed by atoms with E-state index in [9.17, 15) is 4.79 Å². The van der Waals surface area contributed by atoms with E-state index < -0.39 is 11.7 Å². The third-order valence-electron chi connectivity index (χ3n) is 5.81. The van der Waals surface area contributed by atoms with E-state index in [2.05, 4.69) is 20.6 Å². The number of nitrogens with one attached hydrogen (secondary N) is 2. The number of anilines is 4. The second kappa shape index (κ2) is 9.74. The summed E-state index contributed by atoms with van der Waals surface area (Å²) in [6, 6.07) is 6.75. The highest BCUT2D eigenvalue weighted by Gasteiger charge is 2.30. The summed E-state index contributed by atoms with van der Waals surface area (Å²) in [5, 5.41) is 6.43. The molecule has 0 bridgehead atoms. The fraction of sp³-hybridized carbons (Fsp3) is 0.409. The molecule has 1 aromatic heterocycles. The monoisotopic (exact) mass is 427 g/mol. The number of rotatable bonds is 7. The minimum atomic E-state index is -0.775. The first-order valence-electron chi connectivity index (χ1n) is 10.4. The van der Waals surface area contributed by atoms with Gasteiger partial charge in [0.1, 0.15) is 5.82 Å². The van der Waals surface area contributed by atoms with Gasteiger partial charge in [0, 0.05) is 43.6 Å². The predicted molar refractivity (Wildman–Crippen MR) is 124 cm³/mol. The molecule has 8 nitrogen and oxygen atoms in total. The number of aromatic nitrogens is 1. The molecule has 1 saturated carbocycles. The van der Waals surface area contributed by atoms with Gasteiger partial charge in [-0.2, -0.15) is 0 Å². The zero-order valence-corrected chi connectivity index (χ0v) is 18.2. The maximum Gasteiger partial charge on any atom is 0.252 e. The first-order valence-corrected chi connectivity index (χ1v) is 10.4. The number of nitrogens with two attached hydrogens (primary N) is 2. The number of pyridine rings is 1. The highest BCUT2D eigenvalue weighted by atomic mass is 19.1. The molecule has 2 aromatic rings. The second-order valence-corrected chi connectivity index (χ2v) is 7.73. The van der Waals surface area contributed by atoms with Crippen LogP contribution < -0.4 is 27.0 Å². The molecular weight excluding hydrogens is 397 g/mol. The average Bonchev–Trinajstić information content (AvgIpc) is 2.76. The topological polar surface area (TPSA) is 122 Å². The number of halogens is 1. The van der Waals surface area contributed by atoms with E-state index in [0.717, 1.165) is 31.7 Å². The molecule has 6 N–H and O–H groups in total. The molecule has 2 atom stereocenters. The Morgan fingerprint density at radius 2 is 2.10 bits per heavy atom. The quantitative estimate of drug-likeness (QED) is 0.398. The van der Waals surface area contributed by atoms with E-state index in [1.54, 1.807) is 31.5 Å². The largest absolute Gasteiger partial charge is 0.398 e. The van der Waals surface area contributed by atoms with Crippen molar-refractivity contribution >= 4 is 35.1 Å². The maximum atomic E-state index is 15.0. The summed E-state index contributed by atoms with van der Waals surface area (Å²) in [6.07, 6.45) is 5.76. The van der Waals surface area contributed by atoms with Crippen molar-refractivity contribution in [1.29, 1.82) is 0 Å². The third kappa shape index (κ3) is 4.77. The Labute approximate surface area is 181 Å². The van der Waals surface area contributed by atoms with Gasteiger partial charge in [-0.15, -0.1) is 0 Å². The molecule has 0 spiro atoms. The standard InChI is InChI=1S/C22H30FN7O/c1-26-12-14-16(24)7-6-9-17(14)28-21-13(20(25)31)11-15(23)22(29-21)30(3)19-10-5-4-8-18(19)27-2/h6-7,9,11-12,18-19,27H,4-5,8,10,24H2,1-3H3,(H2,25,31)(H,28,29). The smallest absolute Gasteiger partial charge is 0.252 e. The Bertz CT molecular complexity index is 979. The van der Waals surface area contributed by atoms with Crippen LogP contribution in [0.4, 0.5) is 27.4 Å². The van der Waals surface area contributed by atoms with Crippen LogP contribution in [0.15, 0.2) is 29.3 Å². The Kier molecular flexibility index (Phi) is 7.06. The van der Waals surface area contributed by atoms with Crippen LogP contribution in [-0.4, -0.2) is 50.3 Å². The van der Waals surface area contributed by atoms with Gasteiger partial charge in [-0.25, -0.2) is 9.37 Å². The summed E-state index contributed by atoms with van der Waals surface area (Å²) in [4.78, 5) is 22.4. The van der Waals surface area contributed by atoms with Crippen LogP contribution in [-0.2, 0) is 0 Å². The molecule has 1 heterocycles. The number of nitrogen functional groups attached to an aromatic ring is 1. The van der Waals surface area contributed by atoms with Crippen molar-refractivity contribution in [3.05, 3.63) is 41.2 Å². The van der Waals surface area contributed by atoms with E-state index in [-0.39, 0.29) is 29.3 Å². The van der Waals surface area contributed by atoms with Gasteiger partial charge in [0.15, 0.2) is 11.6 Å². The van der Waals surface area contributed by atoms with Crippen molar-refractivity contribution in [2.45, 2.75) is 37.8 Å². The van der Waals surface area contributed by atoms with Gasteiger partial charge in [-0.05, 0) is 38.1 Å². The van der Waals surface area contributed by atoms with Crippen LogP contribution in [0.25, 0.3) is 0 Å². The molecule has 0 saturated heterocycles. The number of primary amides is 1. The average molecular weight is 428 g/mol. The predicted octanol–water partition coefficient (Wildman–Crippen LogP) is 2.66. The SMILES string of the molecule is CN=Cc1c(N)cccc1Nc1nc(N(C)C2CCCCC2NC)c(F)cc1C(N)=O. The number of benzene rings is 1. The number of carbonyl (C=O) groups is 1. The highest BCUT2D eigenvalue weighted by molar-refractivity contribution is 6.00. The molecule has 1 aliphatic rings. The van der Waals surface area contributed by atoms with Crippen LogP contribution in [0.3, 0.4) is 0 Å². The normalized spacial score (nSPS) is 18.8. The van der Waals surface area contributed by atoms with Gasteiger partial charge in [-0.3, -0.25) is 9.79 Å². The highest BCUT2D eigenvalue weighted by Crippen LogP contribution is 2.31. The van der Waals surface area contributed by atoms with Crippen LogP contribution in [0, 0.1) is 5.82 Å². The third-order valence-corrected chi connectivity index (χ3v) is 5.81. The molecule has 0 aliphatic heterocycles. The number of nitrogens with zero attached hydrogens (tertiary/aromatic N) is 3. The van der Waals surface area contributed by atoms with Crippen molar-refractivity contribution < 1.29 is 9.18 Å². The lowest BCUT2D eigenvalue weighted by Gasteiger charge is -2.38. The molecule has 31 heavy (non-hydrogen) atoms. The Morgan fingerprint density at radius 1 is 1.35 bits per heavy atom. The summed E-state index contributed by atoms with van der Waals surface area (Å²) in [7, 11) is 5.38.